The van der Waals surface area contributed by atoms with Gasteiger partial charge in [0, 0.05) is 43.6 Å². The lowest BCUT2D eigenvalue weighted by Gasteiger charge is -2.37. The van der Waals surface area contributed by atoms with Gasteiger partial charge in [-0.05, 0) is 48.7 Å². The van der Waals surface area contributed by atoms with Crippen molar-refractivity contribution in [1.82, 2.24) is 25.0 Å². The average molecular weight is 426 g/mol. The molecule has 8 heteroatoms. The van der Waals surface area contributed by atoms with Crippen molar-refractivity contribution < 1.29 is 4.79 Å². The van der Waals surface area contributed by atoms with Crippen LogP contribution in [0.1, 0.15) is 34.0 Å². The lowest BCUT2D eigenvalue weighted by atomic mass is 9.84. The van der Waals surface area contributed by atoms with Crippen LogP contribution in [0, 0.1) is 5.92 Å². The lowest BCUT2D eigenvalue weighted by Crippen LogP contribution is -2.46. The van der Waals surface area contributed by atoms with E-state index in [4.69, 9.17) is 0 Å². The van der Waals surface area contributed by atoms with E-state index in [9.17, 15) is 9.59 Å². The summed E-state index contributed by atoms with van der Waals surface area (Å²) in [7, 11) is 0. The molecule has 0 aliphatic carbocycles. The van der Waals surface area contributed by atoms with Crippen LogP contribution in [0.4, 0.5) is 0 Å². The van der Waals surface area contributed by atoms with Gasteiger partial charge in [0.2, 0.25) is 0 Å². The van der Waals surface area contributed by atoms with Gasteiger partial charge in [-0.3, -0.25) is 9.59 Å². The molecular formula is C22H24ClN5O2. The molecule has 2 aliphatic heterocycles. The second kappa shape index (κ2) is 8.45. The summed E-state index contributed by atoms with van der Waals surface area (Å²) in [5, 5.41) is 10.6. The summed E-state index contributed by atoms with van der Waals surface area (Å²) >= 11 is 0. The number of hydrogen-bond acceptors (Lipinski definition) is 4. The van der Waals surface area contributed by atoms with E-state index in [1.807, 2.05) is 47.2 Å². The summed E-state index contributed by atoms with van der Waals surface area (Å²) in [6, 6.07) is 13.2. The molecule has 1 aromatic carbocycles. The SMILES string of the molecule is Cl.O=C(NCc1ccccc1-n1cccn1)c1ccc2n(c1=O)C[C@@H]1CNC[C@H]2C1. The first-order chi connectivity index (χ1) is 14.2. The summed E-state index contributed by atoms with van der Waals surface area (Å²) in [6.07, 6.45) is 4.69. The minimum atomic E-state index is -0.338. The number of piperidine rings is 1. The van der Waals surface area contributed by atoms with E-state index in [0.29, 0.717) is 24.9 Å². The predicted octanol–water partition coefficient (Wildman–Crippen LogP) is 2.09. The van der Waals surface area contributed by atoms with Crippen LogP contribution < -0.4 is 16.2 Å². The molecule has 0 spiro atoms. The summed E-state index contributed by atoms with van der Waals surface area (Å²) in [5.41, 5.74) is 2.90. The van der Waals surface area contributed by atoms with Crippen LogP contribution >= 0.6 is 12.4 Å². The van der Waals surface area contributed by atoms with Crippen LogP contribution in [0.25, 0.3) is 5.69 Å². The first-order valence-electron chi connectivity index (χ1n) is 10.0. The topological polar surface area (TPSA) is 81.0 Å². The molecule has 2 aromatic heterocycles. The maximum Gasteiger partial charge on any atom is 0.263 e. The molecule has 0 saturated carbocycles. The van der Waals surface area contributed by atoms with Gasteiger partial charge in [-0.2, -0.15) is 5.10 Å². The summed E-state index contributed by atoms with van der Waals surface area (Å²) in [5.74, 6) is 0.473. The Morgan fingerprint density at radius 3 is 2.87 bits per heavy atom. The zero-order valence-electron chi connectivity index (χ0n) is 16.5. The van der Waals surface area contributed by atoms with Gasteiger partial charge < -0.3 is 15.2 Å². The highest BCUT2D eigenvalue weighted by atomic mass is 35.5. The Hall–Kier alpha value is -2.90. The zero-order valence-corrected chi connectivity index (χ0v) is 17.3. The van der Waals surface area contributed by atoms with Crippen LogP contribution in [0.3, 0.4) is 0 Å². The van der Waals surface area contributed by atoms with Gasteiger partial charge in [0.1, 0.15) is 5.56 Å². The van der Waals surface area contributed by atoms with Gasteiger partial charge in [-0.25, -0.2) is 4.68 Å². The Balaban J connectivity index is 0.00000218. The van der Waals surface area contributed by atoms with E-state index in [1.165, 1.54) is 0 Å². The van der Waals surface area contributed by atoms with E-state index < -0.39 is 0 Å². The van der Waals surface area contributed by atoms with Crippen LogP contribution in [0.2, 0.25) is 0 Å². The molecule has 2 atom stereocenters. The van der Waals surface area contributed by atoms with Crippen molar-refractivity contribution >= 4 is 18.3 Å². The highest BCUT2D eigenvalue weighted by molar-refractivity contribution is 5.93. The first kappa shape index (κ1) is 20.4. The number of halogens is 1. The van der Waals surface area contributed by atoms with Gasteiger partial charge in [0.05, 0.1) is 5.69 Å². The van der Waals surface area contributed by atoms with E-state index in [2.05, 4.69) is 15.7 Å². The minimum Gasteiger partial charge on any atom is -0.348 e. The van der Waals surface area contributed by atoms with Gasteiger partial charge in [0.15, 0.2) is 0 Å². The van der Waals surface area contributed by atoms with Gasteiger partial charge >= 0.3 is 0 Å². The molecule has 3 aromatic rings. The van der Waals surface area contributed by atoms with Gasteiger partial charge in [-0.15, -0.1) is 12.4 Å². The van der Waals surface area contributed by atoms with Crippen LogP contribution in [-0.2, 0) is 13.1 Å². The Morgan fingerprint density at radius 2 is 2.03 bits per heavy atom. The second-order valence-electron chi connectivity index (χ2n) is 7.81. The van der Waals surface area contributed by atoms with Crippen molar-refractivity contribution in [2.75, 3.05) is 13.1 Å². The van der Waals surface area contributed by atoms with Crippen molar-refractivity contribution in [3.05, 3.63) is 82.0 Å². The fourth-order valence-corrected chi connectivity index (χ4v) is 4.53. The van der Waals surface area contributed by atoms with E-state index in [0.717, 1.165) is 36.5 Å². The molecule has 5 rings (SSSR count). The minimum absolute atomic E-state index is 0. The molecule has 2 aliphatic rings. The molecule has 7 nitrogen and oxygen atoms in total. The Labute approximate surface area is 180 Å². The summed E-state index contributed by atoms with van der Waals surface area (Å²) < 4.78 is 3.58. The Kier molecular flexibility index (Phi) is 5.74. The van der Waals surface area contributed by atoms with E-state index >= 15 is 0 Å². The maximum absolute atomic E-state index is 13.0. The van der Waals surface area contributed by atoms with Crippen LogP contribution in [0.5, 0.6) is 0 Å². The molecule has 0 unspecified atom stereocenters. The number of rotatable bonds is 4. The third-order valence-electron chi connectivity index (χ3n) is 5.94. The third-order valence-corrected chi connectivity index (χ3v) is 5.94. The van der Waals surface area contributed by atoms with Crippen molar-refractivity contribution in [2.24, 2.45) is 5.92 Å². The third kappa shape index (κ3) is 3.66. The van der Waals surface area contributed by atoms with Crippen LogP contribution in [-0.4, -0.2) is 33.3 Å². The Bertz CT molecular complexity index is 1110. The predicted molar refractivity (Wildman–Crippen MR) is 116 cm³/mol. The summed E-state index contributed by atoms with van der Waals surface area (Å²) in [4.78, 5) is 25.8. The highest BCUT2D eigenvalue weighted by Gasteiger charge is 2.31. The fourth-order valence-electron chi connectivity index (χ4n) is 4.53. The number of pyridine rings is 1. The molecule has 1 fully saturated rings. The number of benzene rings is 1. The molecular weight excluding hydrogens is 402 g/mol. The monoisotopic (exact) mass is 425 g/mol. The maximum atomic E-state index is 13.0. The largest absolute Gasteiger partial charge is 0.348 e. The number of carbonyl (C=O) groups is 1. The lowest BCUT2D eigenvalue weighted by molar-refractivity contribution is 0.0948. The molecule has 2 bridgehead atoms. The average Bonchev–Trinajstić information content (AvgIpc) is 3.28. The standard InChI is InChI=1S/C22H23N5O2.ClH/c28-21(24-13-16-4-1-2-5-20(16)27-9-3-8-25-27)18-6-7-19-17-10-15(11-23-12-17)14-26(19)22(18)29;/h1-9,15,17,23H,10-14H2,(H,24,28);1H/t15-,17+;/m0./s1. The quantitative estimate of drug-likeness (QED) is 0.670. The normalized spacial score (nSPS) is 19.5. The number of nitrogens with one attached hydrogen (secondary N) is 2. The van der Waals surface area contributed by atoms with Crippen molar-refractivity contribution in [3.8, 4) is 5.69 Å². The number of aromatic nitrogens is 3. The molecule has 4 heterocycles. The van der Waals surface area contributed by atoms with E-state index in [1.54, 1.807) is 16.9 Å². The number of para-hydroxylation sites is 1. The fraction of sp³-hybridized carbons (Fsp3) is 0.318. The van der Waals surface area contributed by atoms with Crippen molar-refractivity contribution in [2.45, 2.75) is 25.4 Å². The number of amides is 1. The van der Waals surface area contributed by atoms with Gasteiger partial charge in [0.25, 0.3) is 11.5 Å². The van der Waals surface area contributed by atoms with Crippen molar-refractivity contribution in [3.63, 3.8) is 0 Å². The van der Waals surface area contributed by atoms with Crippen LogP contribution in [0.15, 0.2) is 59.7 Å². The molecule has 0 radical (unpaired) electrons. The highest BCUT2D eigenvalue weighted by Crippen LogP contribution is 2.31. The molecule has 30 heavy (non-hydrogen) atoms. The van der Waals surface area contributed by atoms with Crippen molar-refractivity contribution in [1.29, 1.82) is 0 Å². The number of carbonyl (C=O) groups excluding carboxylic acids is 1. The number of hydrogen-bond donors (Lipinski definition) is 2. The Morgan fingerprint density at radius 1 is 1.17 bits per heavy atom. The summed E-state index contributed by atoms with van der Waals surface area (Å²) in [6.45, 7) is 2.83. The molecule has 1 saturated heterocycles. The number of fused-ring (bicyclic) bond motifs is 4. The van der Waals surface area contributed by atoms with E-state index in [-0.39, 0.29) is 29.4 Å². The molecule has 1 amide bonds. The molecule has 156 valence electrons. The molecule has 2 N–H and O–H groups in total. The second-order valence-corrected chi connectivity index (χ2v) is 7.81. The number of nitrogens with zero attached hydrogens (tertiary/aromatic N) is 3. The van der Waals surface area contributed by atoms with Gasteiger partial charge in [-0.1, -0.05) is 18.2 Å². The smallest absolute Gasteiger partial charge is 0.263 e. The zero-order chi connectivity index (χ0) is 19.8. The first-order valence-corrected chi connectivity index (χ1v) is 10.0.